The number of benzene rings is 1. The van der Waals surface area contributed by atoms with Gasteiger partial charge >= 0.3 is 0 Å². The van der Waals surface area contributed by atoms with Gasteiger partial charge in [0.15, 0.2) is 0 Å². The lowest BCUT2D eigenvalue weighted by Gasteiger charge is -2.14. The lowest BCUT2D eigenvalue weighted by atomic mass is 10.1. The summed E-state index contributed by atoms with van der Waals surface area (Å²) >= 11 is 0. The summed E-state index contributed by atoms with van der Waals surface area (Å²) in [6.45, 7) is 3.63. The molecular formula is C14H16N4. The molecule has 0 bridgehead atoms. The highest BCUT2D eigenvalue weighted by molar-refractivity contribution is 5.37. The summed E-state index contributed by atoms with van der Waals surface area (Å²) in [5.41, 5.74) is 1.77. The van der Waals surface area contributed by atoms with Crippen LogP contribution in [0.4, 0.5) is 0 Å². The molecule has 1 aromatic carbocycles. The van der Waals surface area contributed by atoms with Crippen LogP contribution in [0.5, 0.6) is 0 Å². The van der Waals surface area contributed by atoms with Crippen molar-refractivity contribution >= 4 is 0 Å². The van der Waals surface area contributed by atoms with E-state index in [1.54, 1.807) is 6.20 Å². The lowest BCUT2D eigenvalue weighted by molar-refractivity contribution is 0.450. The van der Waals surface area contributed by atoms with E-state index in [9.17, 15) is 0 Å². The van der Waals surface area contributed by atoms with E-state index in [0.717, 1.165) is 17.7 Å². The Bertz CT molecular complexity index is 525. The van der Waals surface area contributed by atoms with Crippen LogP contribution in [0.15, 0.2) is 42.7 Å². The van der Waals surface area contributed by atoms with Gasteiger partial charge in [0.25, 0.3) is 0 Å². The van der Waals surface area contributed by atoms with Gasteiger partial charge in [-0.2, -0.15) is 10.4 Å². The molecule has 18 heavy (non-hydrogen) atoms. The van der Waals surface area contributed by atoms with Crippen molar-refractivity contribution in [1.29, 1.82) is 5.26 Å². The summed E-state index contributed by atoms with van der Waals surface area (Å²) in [5, 5.41) is 16.6. The largest absolute Gasteiger partial charge is 0.308 e. The number of rotatable bonds is 5. The van der Waals surface area contributed by atoms with Crippen LogP contribution in [0.1, 0.15) is 18.1 Å². The highest BCUT2D eigenvalue weighted by Crippen LogP contribution is 2.07. The summed E-state index contributed by atoms with van der Waals surface area (Å²) in [6, 6.07) is 12.1. The molecule has 0 unspecified atom stereocenters. The number of nitrogens with one attached hydrogen (secondary N) is 1. The standard InChI is InChI=1S/C14H16N4/c1-12(11-18-8-4-7-17-18)16-10-14-6-3-2-5-13(14)9-15/h2-8,12,16H,10-11H2,1H3/t12-/m1/s1. The highest BCUT2D eigenvalue weighted by atomic mass is 15.3. The Balaban J connectivity index is 1.89. The van der Waals surface area contributed by atoms with E-state index in [2.05, 4.69) is 23.4 Å². The average Bonchev–Trinajstić information content (AvgIpc) is 2.89. The Hall–Kier alpha value is -2.12. The predicted molar refractivity (Wildman–Crippen MR) is 69.7 cm³/mol. The van der Waals surface area contributed by atoms with Gasteiger partial charge in [0.1, 0.15) is 0 Å². The van der Waals surface area contributed by atoms with Crippen molar-refractivity contribution in [3.8, 4) is 6.07 Å². The third-order valence-electron chi connectivity index (χ3n) is 2.80. The van der Waals surface area contributed by atoms with Crippen LogP contribution >= 0.6 is 0 Å². The number of hydrogen-bond donors (Lipinski definition) is 1. The van der Waals surface area contributed by atoms with E-state index in [-0.39, 0.29) is 0 Å². The molecule has 0 radical (unpaired) electrons. The predicted octanol–water partition coefficient (Wildman–Crippen LogP) is 1.93. The summed E-state index contributed by atoms with van der Waals surface area (Å²) < 4.78 is 1.90. The molecule has 0 aliphatic heterocycles. The first-order valence-corrected chi connectivity index (χ1v) is 5.98. The first-order valence-electron chi connectivity index (χ1n) is 5.98. The van der Waals surface area contributed by atoms with E-state index in [4.69, 9.17) is 5.26 Å². The molecule has 0 fully saturated rings. The monoisotopic (exact) mass is 240 g/mol. The molecule has 92 valence electrons. The van der Waals surface area contributed by atoms with Crippen molar-refractivity contribution in [3.63, 3.8) is 0 Å². The second kappa shape index (κ2) is 5.99. The van der Waals surface area contributed by atoms with Crippen LogP contribution in [0.2, 0.25) is 0 Å². The van der Waals surface area contributed by atoms with E-state index in [1.807, 2.05) is 41.2 Å². The molecule has 0 aliphatic carbocycles. The van der Waals surface area contributed by atoms with Crippen molar-refractivity contribution in [1.82, 2.24) is 15.1 Å². The molecule has 2 rings (SSSR count). The number of nitrogens with zero attached hydrogens (tertiary/aromatic N) is 3. The van der Waals surface area contributed by atoms with Crippen LogP contribution in [0.25, 0.3) is 0 Å². The fourth-order valence-electron chi connectivity index (χ4n) is 1.82. The number of aromatic nitrogens is 2. The molecule has 0 amide bonds. The van der Waals surface area contributed by atoms with Crippen LogP contribution in [0.3, 0.4) is 0 Å². The van der Waals surface area contributed by atoms with Crippen molar-refractivity contribution in [3.05, 3.63) is 53.9 Å². The van der Waals surface area contributed by atoms with Crippen molar-refractivity contribution in [2.24, 2.45) is 0 Å². The SMILES string of the molecule is C[C@H](Cn1cccn1)NCc1ccccc1C#N. The molecule has 1 N–H and O–H groups in total. The third kappa shape index (κ3) is 3.19. The van der Waals surface area contributed by atoms with Gasteiger partial charge in [-0.05, 0) is 24.6 Å². The smallest absolute Gasteiger partial charge is 0.0995 e. The Morgan fingerprint density at radius 3 is 2.94 bits per heavy atom. The Labute approximate surface area is 107 Å². The molecule has 4 nitrogen and oxygen atoms in total. The Kier molecular flexibility index (Phi) is 4.11. The van der Waals surface area contributed by atoms with Gasteiger partial charge in [-0.15, -0.1) is 0 Å². The quantitative estimate of drug-likeness (QED) is 0.868. The molecule has 2 aromatic rings. The zero-order valence-corrected chi connectivity index (χ0v) is 10.4. The molecule has 0 spiro atoms. The minimum absolute atomic E-state index is 0.302. The molecule has 1 heterocycles. The van der Waals surface area contributed by atoms with E-state index in [0.29, 0.717) is 12.6 Å². The molecule has 0 saturated heterocycles. The van der Waals surface area contributed by atoms with Crippen molar-refractivity contribution in [2.45, 2.75) is 26.1 Å². The summed E-state index contributed by atoms with van der Waals surface area (Å²) in [6.07, 6.45) is 3.72. The van der Waals surface area contributed by atoms with Gasteiger partial charge in [0.2, 0.25) is 0 Å². The fraction of sp³-hybridized carbons (Fsp3) is 0.286. The molecule has 1 aromatic heterocycles. The van der Waals surface area contributed by atoms with Crippen LogP contribution < -0.4 is 5.32 Å². The van der Waals surface area contributed by atoms with Gasteiger partial charge in [-0.3, -0.25) is 4.68 Å². The second-order valence-corrected chi connectivity index (χ2v) is 4.28. The second-order valence-electron chi connectivity index (χ2n) is 4.28. The Morgan fingerprint density at radius 2 is 2.22 bits per heavy atom. The molecule has 0 aliphatic rings. The zero-order chi connectivity index (χ0) is 12.8. The summed E-state index contributed by atoms with van der Waals surface area (Å²) in [5.74, 6) is 0. The maximum absolute atomic E-state index is 9.00. The molecular weight excluding hydrogens is 224 g/mol. The van der Waals surface area contributed by atoms with Gasteiger partial charge < -0.3 is 5.32 Å². The molecule has 0 saturated carbocycles. The molecule has 4 heteroatoms. The highest BCUT2D eigenvalue weighted by Gasteiger charge is 2.05. The van der Waals surface area contributed by atoms with E-state index in [1.165, 1.54) is 0 Å². The number of nitriles is 1. The average molecular weight is 240 g/mol. The minimum atomic E-state index is 0.302. The van der Waals surface area contributed by atoms with Gasteiger partial charge in [-0.1, -0.05) is 18.2 Å². The topological polar surface area (TPSA) is 53.6 Å². The summed E-state index contributed by atoms with van der Waals surface area (Å²) in [4.78, 5) is 0. The van der Waals surface area contributed by atoms with Crippen LogP contribution in [-0.4, -0.2) is 15.8 Å². The number of hydrogen-bond acceptors (Lipinski definition) is 3. The summed E-state index contributed by atoms with van der Waals surface area (Å²) in [7, 11) is 0. The normalized spacial score (nSPS) is 12.0. The van der Waals surface area contributed by atoms with Gasteiger partial charge in [0.05, 0.1) is 18.2 Å². The third-order valence-corrected chi connectivity index (χ3v) is 2.80. The van der Waals surface area contributed by atoms with Crippen LogP contribution in [-0.2, 0) is 13.1 Å². The fourth-order valence-corrected chi connectivity index (χ4v) is 1.82. The first-order chi connectivity index (χ1) is 8.79. The molecule has 1 atom stereocenters. The van der Waals surface area contributed by atoms with E-state index < -0.39 is 0 Å². The van der Waals surface area contributed by atoms with Crippen molar-refractivity contribution < 1.29 is 0 Å². The minimum Gasteiger partial charge on any atom is -0.308 e. The van der Waals surface area contributed by atoms with Crippen LogP contribution in [0, 0.1) is 11.3 Å². The lowest BCUT2D eigenvalue weighted by Crippen LogP contribution is -2.30. The zero-order valence-electron chi connectivity index (χ0n) is 10.4. The van der Waals surface area contributed by atoms with Gasteiger partial charge in [0, 0.05) is 25.0 Å². The maximum Gasteiger partial charge on any atom is 0.0995 e. The Morgan fingerprint density at radius 1 is 1.39 bits per heavy atom. The first kappa shape index (κ1) is 12.3. The van der Waals surface area contributed by atoms with E-state index >= 15 is 0 Å². The van der Waals surface area contributed by atoms with Gasteiger partial charge in [-0.25, -0.2) is 0 Å². The van der Waals surface area contributed by atoms with Crippen molar-refractivity contribution in [2.75, 3.05) is 0 Å². The maximum atomic E-state index is 9.00.